The zero-order chi connectivity index (χ0) is 10.4. The van der Waals surface area contributed by atoms with Crippen LogP contribution in [0.2, 0.25) is 0 Å². The number of hydrogen-bond acceptors (Lipinski definition) is 1. The summed E-state index contributed by atoms with van der Waals surface area (Å²) in [6.45, 7) is 16.2. The molecule has 0 saturated heterocycles. The minimum Gasteiger partial charge on any atom is -0.294 e. The van der Waals surface area contributed by atoms with Crippen molar-refractivity contribution < 1.29 is 0 Å². The summed E-state index contributed by atoms with van der Waals surface area (Å²) in [5.74, 6) is 0. The van der Waals surface area contributed by atoms with Crippen molar-refractivity contribution in [1.29, 1.82) is 0 Å². The van der Waals surface area contributed by atoms with Crippen molar-refractivity contribution >= 4 is 0 Å². The summed E-state index contributed by atoms with van der Waals surface area (Å²) in [5, 5.41) is 0. The van der Waals surface area contributed by atoms with Crippen LogP contribution in [0, 0.1) is 0 Å². The van der Waals surface area contributed by atoms with Gasteiger partial charge in [0, 0.05) is 18.6 Å². The topological polar surface area (TPSA) is 3.24 Å². The van der Waals surface area contributed by atoms with Crippen molar-refractivity contribution in [2.45, 2.75) is 59.5 Å². The van der Waals surface area contributed by atoms with E-state index in [-0.39, 0.29) is 0 Å². The minimum atomic E-state index is 0.673. The molecule has 0 rings (SSSR count). The fourth-order valence-corrected chi connectivity index (χ4v) is 1.53. The predicted octanol–water partition coefficient (Wildman–Crippen LogP) is 3.46. The lowest BCUT2D eigenvalue weighted by molar-refractivity contribution is 0.161. The van der Waals surface area contributed by atoms with Crippen LogP contribution in [0.3, 0.4) is 0 Å². The Morgan fingerprint density at radius 3 is 1.77 bits per heavy atom. The molecule has 78 valence electrons. The SMILES string of the molecule is C=C(C)CN(C(C)CC)C(C)CC. The average Bonchev–Trinajstić information content (AvgIpc) is 2.11. The van der Waals surface area contributed by atoms with Crippen molar-refractivity contribution in [3.8, 4) is 0 Å². The zero-order valence-electron chi connectivity index (χ0n) is 9.93. The van der Waals surface area contributed by atoms with Crippen LogP contribution in [0.15, 0.2) is 12.2 Å². The molecule has 1 nitrogen and oxygen atoms in total. The highest BCUT2D eigenvalue weighted by Crippen LogP contribution is 2.13. The van der Waals surface area contributed by atoms with E-state index in [1.165, 1.54) is 18.4 Å². The van der Waals surface area contributed by atoms with E-state index in [1.54, 1.807) is 0 Å². The van der Waals surface area contributed by atoms with Gasteiger partial charge in [-0.25, -0.2) is 0 Å². The van der Waals surface area contributed by atoms with Crippen LogP contribution < -0.4 is 0 Å². The Morgan fingerprint density at radius 1 is 1.15 bits per heavy atom. The molecule has 0 aliphatic carbocycles. The lowest BCUT2D eigenvalue weighted by Crippen LogP contribution is -2.40. The second-order valence-corrected chi connectivity index (χ2v) is 4.14. The van der Waals surface area contributed by atoms with Gasteiger partial charge in [-0.2, -0.15) is 0 Å². The van der Waals surface area contributed by atoms with Gasteiger partial charge in [-0.05, 0) is 33.6 Å². The molecule has 2 atom stereocenters. The van der Waals surface area contributed by atoms with E-state index in [0.717, 1.165) is 6.54 Å². The number of hydrogen-bond donors (Lipinski definition) is 0. The van der Waals surface area contributed by atoms with E-state index in [0.29, 0.717) is 12.1 Å². The second-order valence-electron chi connectivity index (χ2n) is 4.14. The lowest BCUT2D eigenvalue weighted by atomic mass is 10.1. The van der Waals surface area contributed by atoms with E-state index in [1.807, 2.05) is 0 Å². The van der Waals surface area contributed by atoms with Gasteiger partial charge in [0.15, 0.2) is 0 Å². The van der Waals surface area contributed by atoms with Crippen LogP contribution in [-0.2, 0) is 0 Å². The van der Waals surface area contributed by atoms with Gasteiger partial charge in [0.05, 0.1) is 0 Å². The average molecular weight is 183 g/mol. The van der Waals surface area contributed by atoms with Crippen molar-refractivity contribution in [2.75, 3.05) is 6.54 Å². The fourth-order valence-electron chi connectivity index (χ4n) is 1.53. The van der Waals surface area contributed by atoms with E-state index in [9.17, 15) is 0 Å². The lowest BCUT2D eigenvalue weighted by Gasteiger charge is -2.33. The summed E-state index contributed by atoms with van der Waals surface area (Å²) >= 11 is 0. The zero-order valence-corrected chi connectivity index (χ0v) is 9.93. The maximum atomic E-state index is 3.99. The van der Waals surface area contributed by atoms with Crippen molar-refractivity contribution in [2.24, 2.45) is 0 Å². The Bertz CT molecular complexity index is 141. The van der Waals surface area contributed by atoms with Crippen molar-refractivity contribution in [1.82, 2.24) is 4.90 Å². The molecule has 0 heterocycles. The normalized spacial score (nSPS) is 15.8. The minimum absolute atomic E-state index is 0.673. The Balaban J connectivity index is 4.26. The van der Waals surface area contributed by atoms with Crippen molar-refractivity contribution in [3.63, 3.8) is 0 Å². The van der Waals surface area contributed by atoms with Gasteiger partial charge in [0.25, 0.3) is 0 Å². The first-order valence-electron chi connectivity index (χ1n) is 5.43. The maximum absolute atomic E-state index is 3.99. The first-order chi connectivity index (χ1) is 6.02. The molecule has 0 bridgehead atoms. The number of rotatable bonds is 6. The molecule has 0 fully saturated rings. The standard InChI is InChI=1S/C12H25N/c1-7-11(5)13(9-10(3)4)12(6)8-2/h11-12H,3,7-9H2,1-2,4-6H3. The van der Waals surface area contributed by atoms with E-state index >= 15 is 0 Å². The van der Waals surface area contributed by atoms with Crippen LogP contribution in [0.1, 0.15) is 47.5 Å². The molecular weight excluding hydrogens is 158 g/mol. The Morgan fingerprint density at radius 2 is 1.54 bits per heavy atom. The van der Waals surface area contributed by atoms with Crippen LogP contribution in [-0.4, -0.2) is 23.5 Å². The second kappa shape index (κ2) is 6.20. The molecule has 0 aromatic heterocycles. The van der Waals surface area contributed by atoms with Gasteiger partial charge in [0.1, 0.15) is 0 Å². The highest BCUT2D eigenvalue weighted by atomic mass is 15.2. The molecule has 2 unspecified atom stereocenters. The highest BCUT2D eigenvalue weighted by molar-refractivity contribution is 4.94. The van der Waals surface area contributed by atoms with Gasteiger partial charge in [-0.15, -0.1) is 0 Å². The Hall–Kier alpha value is -0.300. The smallest absolute Gasteiger partial charge is 0.0193 e. The number of nitrogens with zero attached hydrogens (tertiary/aromatic N) is 1. The molecular formula is C12H25N. The van der Waals surface area contributed by atoms with Crippen LogP contribution in [0.5, 0.6) is 0 Å². The highest BCUT2D eigenvalue weighted by Gasteiger charge is 2.16. The third kappa shape index (κ3) is 4.47. The molecule has 0 amide bonds. The predicted molar refractivity (Wildman–Crippen MR) is 61.0 cm³/mol. The molecule has 0 aliphatic heterocycles. The van der Waals surface area contributed by atoms with Crippen molar-refractivity contribution in [3.05, 3.63) is 12.2 Å². The Labute approximate surface area is 83.8 Å². The summed E-state index contributed by atoms with van der Waals surface area (Å²) in [6, 6.07) is 1.35. The molecule has 0 aromatic rings. The summed E-state index contributed by atoms with van der Waals surface area (Å²) < 4.78 is 0. The summed E-state index contributed by atoms with van der Waals surface area (Å²) in [5.41, 5.74) is 1.26. The first kappa shape index (κ1) is 12.7. The molecule has 0 radical (unpaired) electrons. The van der Waals surface area contributed by atoms with Gasteiger partial charge >= 0.3 is 0 Å². The molecule has 0 saturated carbocycles. The maximum Gasteiger partial charge on any atom is 0.0193 e. The van der Waals surface area contributed by atoms with Crippen LogP contribution in [0.4, 0.5) is 0 Å². The van der Waals surface area contributed by atoms with Crippen LogP contribution >= 0.6 is 0 Å². The fraction of sp³-hybridized carbons (Fsp3) is 0.833. The van der Waals surface area contributed by atoms with Crippen LogP contribution in [0.25, 0.3) is 0 Å². The third-order valence-corrected chi connectivity index (χ3v) is 2.77. The largest absolute Gasteiger partial charge is 0.294 e. The molecule has 1 heteroatoms. The first-order valence-corrected chi connectivity index (χ1v) is 5.43. The van der Waals surface area contributed by atoms with E-state index in [4.69, 9.17) is 0 Å². The molecule has 0 N–H and O–H groups in total. The summed E-state index contributed by atoms with van der Waals surface area (Å²) in [4.78, 5) is 2.54. The van der Waals surface area contributed by atoms with Gasteiger partial charge in [-0.1, -0.05) is 26.0 Å². The monoisotopic (exact) mass is 183 g/mol. The third-order valence-electron chi connectivity index (χ3n) is 2.77. The van der Waals surface area contributed by atoms with Gasteiger partial charge in [-0.3, -0.25) is 4.90 Å². The summed E-state index contributed by atoms with van der Waals surface area (Å²) in [6.07, 6.45) is 2.44. The summed E-state index contributed by atoms with van der Waals surface area (Å²) in [7, 11) is 0. The molecule has 0 aromatic carbocycles. The Kier molecular flexibility index (Phi) is 6.06. The quantitative estimate of drug-likeness (QED) is 0.570. The molecule has 0 spiro atoms. The molecule has 13 heavy (non-hydrogen) atoms. The van der Waals surface area contributed by atoms with Gasteiger partial charge < -0.3 is 0 Å². The van der Waals surface area contributed by atoms with E-state index < -0.39 is 0 Å². The van der Waals surface area contributed by atoms with E-state index in [2.05, 4.69) is 46.1 Å². The van der Waals surface area contributed by atoms with Gasteiger partial charge in [0.2, 0.25) is 0 Å². The molecule has 0 aliphatic rings.